The minimum absolute atomic E-state index is 0.119. The van der Waals surface area contributed by atoms with Crippen molar-refractivity contribution < 1.29 is 13.2 Å². The highest BCUT2D eigenvalue weighted by molar-refractivity contribution is 7.89. The van der Waals surface area contributed by atoms with Gasteiger partial charge in [-0.3, -0.25) is 4.79 Å². The molecule has 1 unspecified atom stereocenters. The molecule has 1 aromatic rings. The van der Waals surface area contributed by atoms with E-state index in [1.807, 2.05) is 0 Å². The van der Waals surface area contributed by atoms with Gasteiger partial charge in [-0.05, 0) is 44.0 Å². The largest absolute Gasteiger partial charge is 0.399 e. The van der Waals surface area contributed by atoms with Gasteiger partial charge in [0.25, 0.3) is 0 Å². The molecular weight excluding hydrogens is 278 g/mol. The number of primary amides is 1. The number of sulfonamides is 1. The van der Waals surface area contributed by atoms with Crippen molar-refractivity contribution in [1.82, 2.24) is 4.31 Å². The number of carbonyl (C=O) groups is 1. The second-order valence-corrected chi connectivity index (χ2v) is 7.47. The van der Waals surface area contributed by atoms with Crippen LogP contribution >= 0.6 is 0 Å². The van der Waals surface area contributed by atoms with E-state index in [0.717, 1.165) is 0 Å². The summed E-state index contributed by atoms with van der Waals surface area (Å²) in [4.78, 5) is 11.6. The lowest BCUT2D eigenvalue weighted by Gasteiger charge is -2.21. The summed E-state index contributed by atoms with van der Waals surface area (Å²) in [5.41, 5.74) is 11.5. The molecular formula is C13H19N3O3S. The highest BCUT2D eigenvalue weighted by Gasteiger charge is 2.43. The maximum absolute atomic E-state index is 12.5. The number of nitrogens with two attached hydrogens (primary N) is 2. The highest BCUT2D eigenvalue weighted by atomic mass is 32.2. The fourth-order valence-corrected chi connectivity index (χ4v) is 3.93. The molecule has 6 nitrogen and oxygen atoms in total. The van der Waals surface area contributed by atoms with Crippen molar-refractivity contribution in [3.63, 3.8) is 0 Å². The standard InChI is InChI=1S/C13H19N3O3S/c1-9-7-10(3-4-11(9)14)20(18,19)16-6-5-13(2,8-16)12(15)17/h3-4,7H,5-6,8,14H2,1-2H3,(H2,15,17). The maximum Gasteiger partial charge on any atom is 0.243 e. The fraction of sp³-hybridized carbons (Fsp3) is 0.462. The van der Waals surface area contributed by atoms with Gasteiger partial charge in [-0.1, -0.05) is 0 Å². The quantitative estimate of drug-likeness (QED) is 0.790. The number of amides is 1. The molecule has 1 aliphatic heterocycles. The highest BCUT2D eigenvalue weighted by Crippen LogP contribution is 2.33. The Morgan fingerprint density at radius 2 is 2.05 bits per heavy atom. The van der Waals surface area contributed by atoms with Crippen molar-refractivity contribution >= 4 is 21.6 Å². The van der Waals surface area contributed by atoms with Gasteiger partial charge >= 0.3 is 0 Å². The van der Waals surface area contributed by atoms with Crippen LogP contribution in [0.3, 0.4) is 0 Å². The van der Waals surface area contributed by atoms with Gasteiger partial charge < -0.3 is 11.5 Å². The average Bonchev–Trinajstić information content (AvgIpc) is 2.77. The second kappa shape index (κ2) is 4.75. The Morgan fingerprint density at radius 1 is 1.40 bits per heavy atom. The van der Waals surface area contributed by atoms with E-state index in [2.05, 4.69) is 0 Å². The Morgan fingerprint density at radius 3 is 2.55 bits per heavy atom. The number of nitrogen functional groups attached to an aromatic ring is 1. The molecule has 1 amide bonds. The summed E-state index contributed by atoms with van der Waals surface area (Å²) >= 11 is 0. The first-order chi connectivity index (χ1) is 9.17. The van der Waals surface area contributed by atoms with Gasteiger partial charge in [0, 0.05) is 18.8 Å². The topological polar surface area (TPSA) is 106 Å². The SMILES string of the molecule is Cc1cc(S(=O)(=O)N2CCC(C)(C(N)=O)C2)ccc1N. The Hall–Kier alpha value is -1.60. The predicted octanol–water partition coefficient (Wildman–Crippen LogP) is 0.463. The zero-order chi connectivity index (χ0) is 15.1. The van der Waals surface area contributed by atoms with Gasteiger partial charge in [0.15, 0.2) is 0 Å². The van der Waals surface area contributed by atoms with Crippen molar-refractivity contribution in [2.75, 3.05) is 18.8 Å². The summed E-state index contributed by atoms with van der Waals surface area (Å²) in [5, 5.41) is 0. The van der Waals surface area contributed by atoms with Crippen molar-refractivity contribution in [3.8, 4) is 0 Å². The van der Waals surface area contributed by atoms with Gasteiger partial charge in [-0.2, -0.15) is 4.31 Å². The van der Waals surface area contributed by atoms with Crippen LogP contribution in [-0.4, -0.2) is 31.7 Å². The first kappa shape index (κ1) is 14.8. The van der Waals surface area contributed by atoms with Gasteiger partial charge in [-0.15, -0.1) is 0 Å². The van der Waals surface area contributed by atoms with Crippen LogP contribution in [0.1, 0.15) is 18.9 Å². The number of carbonyl (C=O) groups excluding carboxylic acids is 1. The van der Waals surface area contributed by atoms with E-state index < -0.39 is 21.3 Å². The minimum atomic E-state index is -3.61. The van der Waals surface area contributed by atoms with Crippen molar-refractivity contribution in [3.05, 3.63) is 23.8 Å². The first-order valence-corrected chi connectivity index (χ1v) is 7.77. The van der Waals surface area contributed by atoms with E-state index in [1.165, 1.54) is 10.4 Å². The third kappa shape index (κ3) is 2.38. The lowest BCUT2D eigenvalue weighted by Crippen LogP contribution is -2.38. The van der Waals surface area contributed by atoms with Gasteiger partial charge in [0.1, 0.15) is 0 Å². The van der Waals surface area contributed by atoms with Crippen LogP contribution in [-0.2, 0) is 14.8 Å². The fourth-order valence-electron chi connectivity index (χ4n) is 2.28. The van der Waals surface area contributed by atoms with E-state index in [0.29, 0.717) is 24.2 Å². The van der Waals surface area contributed by atoms with Crippen LogP contribution in [0, 0.1) is 12.3 Å². The van der Waals surface area contributed by atoms with Crippen LogP contribution in [0.15, 0.2) is 23.1 Å². The molecule has 1 atom stereocenters. The summed E-state index contributed by atoms with van der Waals surface area (Å²) < 4.78 is 26.4. The Kier molecular flexibility index (Phi) is 3.51. The molecule has 0 radical (unpaired) electrons. The van der Waals surface area contributed by atoms with Crippen molar-refractivity contribution in [1.29, 1.82) is 0 Å². The van der Waals surface area contributed by atoms with E-state index in [9.17, 15) is 13.2 Å². The van der Waals surface area contributed by atoms with Crippen molar-refractivity contribution in [2.45, 2.75) is 25.2 Å². The molecule has 0 aliphatic carbocycles. The van der Waals surface area contributed by atoms with Crippen LogP contribution < -0.4 is 11.5 Å². The molecule has 0 bridgehead atoms. The van der Waals surface area contributed by atoms with E-state index in [-0.39, 0.29) is 11.4 Å². The molecule has 1 aliphatic rings. The van der Waals surface area contributed by atoms with Gasteiger partial charge in [0.05, 0.1) is 10.3 Å². The van der Waals surface area contributed by atoms with Crippen LogP contribution in [0.2, 0.25) is 0 Å². The summed E-state index contributed by atoms with van der Waals surface area (Å²) in [6.07, 6.45) is 0.440. The molecule has 2 rings (SSSR count). The van der Waals surface area contributed by atoms with E-state index in [4.69, 9.17) is 11.5 Å². The summed E-state index contributed by atoms with van der Waals surface area (Å²) in [6, 6.07) is 4.60. The number of rotatable bonds is 3. The van der Waals surface area contributed by atoms with Gasteiger partial charge in [0.2, 0.25) is 15.9 Å². The van der Waals surface area contributed by atoms with Crippen LogP contribution in [0.4, 0.5) is 5.69 Å². The summed E-state index contributed by atoms with van der Waals surface area (Å²) in [5.74, 6) is -0.469. The molecule has 7 heteroatoms. The molecule has 0 spiro atoms. The third-order valence-electron chi connectivity index (χ3n) is 3.91. The lowest BCUT2D eigenvalue weighted by atomic mass is 9.89. The van der Waals surface area contributed by atoms with Crippen LogP contribution in [0.25, 0.3) is 0 Å². The normalized spacial score (nSPS) is 23.9. The Labute approximate surface area is 118 Å². The summed E-state index contributed by atoms with van der Waals surface area (Å²) in [7, 11) is -3.61. The molecule has 110 valence electrons. The molecule has 1 saturated heterocycles. The third-order valence-corrected chi connectivity index (χ3v) is 5.75. The van der Waals surface area contributed by atoms with E-state index in [1.54, 1.807) is 26.0 Å². The maximum atomic E-state index is 12.5. The summed E-state index contributed by atoms with van der Waals surface area (Å²) in [6.45, 7) is 3.87. The number of aryl methyl sites for hydroxylation is 1. The second-order valence-electron chi connectivity index (χ2n) is 5.53. The Bertz CT molecular complexity index is 657. The Balaban J connectivity index is 2.33. The van der Waals surface area contributed by atoms with Crippen molar-refractivity contribution in [2.24, 2.45) is 11.1 Å². The molecule has 20 heavy (non-hydrogen) atoms. The van der Waals surface area contributed by atoms with Gasteiger partial charge in [-0.25, -0.2) is 8.42 Å². The number of anilines is 1. The monoisotopic (exact) mass is 297 g/mol. The van der Waals surface area contributed by atoms with Crippen LogP contribution in [0.5, 0.6) is 0 Å². The smallest absolute Gasteiger partial charge is 0.243 e. The first-order valence-electron chi connectivity index (χ1n) is 6.33. The zero-order valence-electron chi connectivity index (χ0n) is 11.6. The predicted molar refractivity (Wildman–Crippen MR) is 76.3 cm³/mol. The number of benzene rings is 1. The number of hydrogen-bond donors (Lipinski definition) is 2. The van der Waals surface area contributed by atoms with E-state index >= 15 is 0 Å². The number of nitrogens with zero attached hydrogens (tertiary/aromatic N) is 1. The molecule has 1 aromatic carbocycles. The minimum Gasteiger partial charge on any atom is -0.399 e. The molecule has 0 aromatic heterocycles. The molecule has 0 saturated carbocycles. The molecule has 1 heterocycles. The zero-order valence-corrected chi connectivity index (χ0v) is 12.4. The molecule has 4 N–H and O–H groups in total. The lowest BCUT2D eigenvalue weighted by molar-refractivity contribution is -0.126. The molecule has 1 fully saturated rings. The number of hydrogen-bond acceptors (Lipinski definition) is 4. The average molecular weight is 297 g/mol.